The molecule has 0 amide bonds. The van der Waals surface area contributed by atoms with Crippen LogP contribution in [-0.4, -0.2) is 68.5 Å². The number of hydrogen-bond acceptors (Lipinski definition) is 8. The minimum atomic E-state index is -2.28. The van der Waals surface area contributed by atoms with Crippen molar-refractivity contribution in [3.8, 4) is 11.5 Å². The number of benzene rings is 1. The van der Waals surface area contributed by atoms with Gasteiger partial charge >= 0.3 is 11.9 Å². The third-order valence-corrected chi connectivity index (χ3v) is 4.12. The average molecular weight is 368 g/mol. The molecule has 1 aromatic carbocycles. The molecule has 142 valence electrons. The van der Waals surface area contributed by atoms with Gasteiger partial charge in [0.1, 0.15) is 0 Å². The lowest BCUT2D eigenvalue weighted by molar-refractivity contribution is -0.196. The number of methoxy groups -OCH3 is 1. The normalized spacial score (nSPS) is 28.7. The lowest BCUT2D eigenvalue weighted by Crippen LogP contribution is -2.57. The van der Waals surface area contributed by atoms with Gasteiger partial charge in [-0.3, -0.25) is 0 Å². The van der Waals surface area contributed by atoms with Crippen molar-refractivity contribution in [2.45, 2.75) is 36.8 Å². The van der Waals surface area contributed by atoms with Crippen LogP contribution in [0.15, 0.2) is 24.3 Å². The number of carboxylic acid groups (broad SMARTS) is 1. The highest BCUT2D eigenvalue weighted by Crippen LogP contribution is 2.31. The average Bonchev–Trinajstić information content (AvgIpc) is 2.56. The number of carboxylic acids is 1. The molecule has 0 spiro atoms. The zero-order valence-corrected chi connectivity index (χ0v) is 13.9. The highest BCUT2D eigenvalue weighted by atomic mass is 16.6. The number of carbonyl (C=O) groups excluding carboxylic acids is 1. The summed E-state index contributed by atoms with van der Waals surface area (Å²) in [7, 11) is 1.40. The number of phenols is 1. The van der Waals surface area contributed by atoms with Crippen LogP contribution in [0.1, 0.15) is 18.4 Å². The molecule has 1 aromatic rings. The number of aromatic hydroxyl groups is 1. The van der Waals surface area contributed by atoms with Gasteiger partial charge in [-0.1, -0.05) is 6.07 Å². The van der Waals surface area contributed by atoms with E-state index in [9.17, 15) is 30.0 Å². The molecule has 2 unspecified atom stereocenters. The summed E-state index contributed by atoms with van der Waals surface area (Å²) in [5.41, 5.74) is -1.80. The number of rotatable bonds is 5. The number of ether oxygens (including phenoxy) is 2. The fourth-order valence-electron chi connectivity index (χ4n) is 2.74. The van der Waals surface area contributed by atoms with Crippen molar-refractivity contribution in [3.05, 3.63) is 29.8 Å². The van der Waals surface area contributed by atoms with Crippen LogP contribution in [0.4, 0.5) is 0 Å². The first-order chi connectivity index (χ1) is 12.2. The summed E-state index contributed by atoms with van der Waals surface area (Å²) in [6.07, 6.45) is -3.23. The maximum absolute atomic E-state index is 11.9. The summed E-state index contributed by atoms with van der Waals surface area (Å²) in [4.78, 5) is 22.9. The fraction of sp³-hybridized carbons (Fsp3) is 0.412. The van der Waals surface area contributed by atoms with Gasteiger partial charge in [0.05, 0.1) is 19.3 Å². The van der Waals surface area contributed by atoms with E-state index < -0.39 is 48.7 Å². The van der Waals surface area contributed by atoms with E-state index in [0.717, 1.165) is 6.08 Å². The molecule has 0 aromatic heterocycles. The van der Waals surface area contributed by atoms with Gasteiger partial charge in [-0.25, -0.2) is 9.59 Å². The third-order valence-electron chi connectivity index (χ3n) is 4.12. The minimum absolute atomic E-state index is 0.117. The molecular weight excluding hydrogens is 348 g/mol. The Kier molecular flexibility index (Phi) is 5.86. The molecule has 1 aliphatic carbocycles. The largest absolute Gasteiger partial charge is 0.504 e. The van der Waals surface area contributed by atoms with Gasteiger partial charge < -0.3 is 35.0 Å². The highest BCUT2D eigenvalue weighted by Gasteiger charge is 2.50. The summed E-state index contributed by atoms with van der Waals surface area (Å²) in [5, 5.41) is 48.3. The van der Waals surface area contributed by atoms with Crippen molar-refractivity contribution in [2.24, 2.45) is 0 Å². The molecule has 2 rings (SSSR count). The Balaban J connectivity index is 2.01. The van der Waals surface area contributed by atoms with Gasteiger partial charge in [0.25, 0.3) is 0 Å². The molecule has 2 atom stereocenters. The van der Waals surface area contributed by atoms with Gasteiger partial charge in [0.2, 0.25) is 0 Å². The van der Waals surface area contributed by atoms with Crippen LogP contribution in [0.25, 0.3) is 6.08 Å². The Morgan fingerprint density at radius 1 is 1.23 bits per heavy atom. The van der Waals surface area contributed by atoms with Crippen LogP contribution in [0.3, 0.4) is 0 Å². The second-order valence-corrected chi connectivity index (χ2v) is 6.05. The minimum Gasteiger partial charge on any atom is -0.504 e. The quantitative estimate of drug-likeness (QED) is 0.347. The first kappa shape index (κ1) is 19.7. The van der Waals surface area contributed by atoms with Crippen LogP contribution in [0.5, 0.6) is 11.5 Å². The van der Waals surface area contributed by atoms with Crippen LogP contribution < -0.4 is 4.74 Å². The standard InChI is InChI=1S/C17H20O9/c1-25-13-4-2-9(6-10(13)18)3-5-14(21)26-15-11(19)7-17(24,16(22)23)8-12(15)20/h2-6,11-12,15,18-20,24H,7-8H2,1H3,(H,22,23)/b5-3+. The van der Waals surface area contributed by atoms with Crippen molar-refractivity contribution in [1.82, 2.24) is 0 Å². The maximum atomic E-state index is 11.9. The van der Waals surface area contributed by atoms with Crippen molar-refractivity contribution >= 4 is 18.0 Å². The first-order valence-corrected chi connectivity index (χ1v) is 7.74. The number of aliphatic hydroxyl groups is 3. The SMILES string of the molecule is COc1ccc(/C=C/C(=O)OC2C(O)CC(O)(C(=O)O)CC2O)cc1O. The Labute approximate surface area is 148 Å². The molecule has 5 N–H and O–H groups in total. The Morgan fingerprint density at radius 2 is 1.85 bits per heavy atom. The zero-order valence-electron chi connectivity index (χ0n) is 13.9. The Bertz CT molecular complexity index is 700. The van der Waals surface area contributed by atoms with E-state index in [0.29, 0.717) is 5.56 Å². The molecule has 26 heavy (non-hydrogen) atoms. The second kappa shape index (κ2) is 7.73. The lowest BCUT2D eigenvalue weighted by atomic mass is 9.79. The van der Waals surface area contributed by atoms with Crippen molar-refractivity contribution in [1.29, 1.82) is 0 Å². The predicted octanol–water partition coefficient (Wildman–Crippen LogP) is -0.343. The van der Waals surface area contributed by atoms with Crippen LogP contribution in [-0.2, 0) is 14.3 Å². The van der Waals surface area contributed by atoms with Gasteiger partial charge in [-0.2, -0.15) is 0 Å². The van der Waals surface area contributed by atoms with Gasteiger partial charge in [-0.05, 0) is 23.8 Å². The topological polar surface area (TPSA) is 154 Å². The first-order valence-electron chi connectivity index (χ1n) is 7.74. The van der Waals surface area contributed by atoms with Crippen LogP contribution >= 0.6 is 0 Å². The van der Waals surface area contributed by atoms with E-state index in [4.69, 9.17) is 14.6 Å². The summed E-state index contributed by atoms with van der Waals surface area (Å²) >= 11 is 0. The molecule has 1 saturated carbocycles. The van der Waals surface area contributed by atoms with Crippen molar-refractivity contribution in [3.63, 3.8) is 0 Å². The van der Waals surface area contributed by atoms with E-state index in [1.165, 1.54) is 25.3 Å². The second-order valence-electron chi connectivity index (χ2n) is 6.05. The highest BCUT2D eigenvalue weighted by molar-refractivity contribution is 5.87. The van der Waals surface area contributed by atoms with Crippen LogP contribution in [0.2, 0.25) is 0 Å². The molecule has 9 nitrogen and oxygen atoms in total. The van der Waals surface area contributed by atoms with Crippen LogP contribution in [0, 0.1) is 0 Å². The smallest absolute Gasteiger partial charge is 0.335 e. The van der Waals surface area contributed by atoms with E-state index >= 15 is 0 Å². The van der Waals surface area contributed by atoms with E-state index in [1.54, 1.807) is 6.07 Å². The van der Waals surface area contributed by atoms with Gasteiger partial charge in [0, 0.05) is 18.9 Å². The number of phenolic OH excluding ortho intramolecular Hbond substituents is 1. The summed E-state index contributed by atoms with van der Waals surface area (Å²) in [6, 6.07) is 4.45. The Morgan fingerprint density at radius 3 is 2.35 bits per heavy atom. The molecular formula is C17H20O9. The monoisotopic (exact) mass is 368 g/mol. The summed E-state index contributed by atoms with van der Waals surface area (Å²) in [5.74, 6) is -2.30. The molecule has 1 aliphatic rings. The molecule has 1 fully saturated rings. The van der Waals surface area contributed by atoms with Crippen molar-refractivity contribution < 1.29 is 44.6 Å². The molecule has 0 saturated heterocycles. The van der Waals surface area contributed by atoms with Gasteiger partial charge in [-0.15, -0.1) is 0 Å². The molecule has 0 bridgehead atoms. The summed E-state index contributed by atoms with van der Waals surface area (Å²) < 4.78 is 9.87. The zero-order chi connectivity index (χ0) is 19.5. The predicted molar refractivity (Wildman–Crippen MR) is 87.4 cm³/mol. The number of hydrogen-bond donors (Lipinski definition) is 5. The maximum Gasteiger partial charge on any atom is 0.335 e. The number of aliphatic hydroxyl groups excluding tert-OH is 2. The summed E-state index contributed by atoms with van der Waals surface area (Å²) in [6.45, 7) is 0. The van der Waals surface area contributed by atoms with E-state index in [2.05, 4.69) is 0 Å². The number of aliphatic carboxylic acids is 1. The Hall–Kier alpha value is -2.62. The molecule has 0 radical (unpaired) electrons. The van der Waals surface area contributed by atoms with Gasteiger partial charge in [0.15, 0.2) is 23.2 Å². The molecule has 0 aliphatic heterocycles. The third kappa shape index (κ3) is 4.31. The molecule has 9 heteroatoms. The number of esters is 1. The number of carbonyl (C=O) groups is 2. The lowest BCUT2D eigenvalue weighted by Gasteiger charge is -2.39. The molecule has 0 heterocycles. The van der Waals surface area contributed by atoms with E-state index in [1.807, 2.05) is 0 Å². The van der Waals surface area contributed by atoms with Crippen molar-refractivity contribution in [2.75, 3.05) is 7.11 Å². The fourth-order valence-corrected chi connectivity index (χ4v) is 2.74. The van der Waals surface area contributed by atoms with E-state index in [-0.39, 0.29) is 11.5 Å².